The van der Waals surface area contributed by atoms with Crippen molar-refractivity contribution < 1.29 is 9.53 Å². The maximum Gasteiger partial charge on any atom is 0.262 e. The third-order valence-electron chi connectivity index (χ3n) is 2.79. The Bertz CT molecular complexity index is 677. The number of hydrogen-bond donors (Lipinski definition) is 2. The average molecular weight is 370 g/mol. The molecule has 110 valence electrons. The Kier molecular flexibility index (Phi) is 5.09. The van der Waals surface area contributed by atoms with Crippen LogP contribution in [0.1, 0.15) is 5.56 Å². The molecule has 0 saturated carbocycles. The maximum absolute atomic E-state index is 11.9. The Morgan fingerprint density at radius 2 is 2.10 bits per heavy atom. The summed E-state index contributed by atoms with van der Waals surface area (Å²) in [6, 6.07) is 10.4. The minimum Gasteiger partial charge on any atom is -0.483 e. The molecule has 0 aliphatic carbocycles. The summed E-state index contributed by atoms with van der Waals surface area (Å²) in [6.07, 6.45) is 0. The Balaban J connectivity index is 1.97. The number of hydrogen-bond acceptors (Lipinski definition) is 3. The molecular formula is C15H14BrClN2O2. The molecule has 3 N–H and O–H groups in total. The van der Waals surface area contributed by atoms with Crippen molar-refractivity contribution in [2.75, 3.05) is 17.7 Å². The monoisotopic (exact) mass is 368 g/mol. The zero-order chi connectivity index (χ0) is 15.4. The fourth-order valence-electron chi connectivity index (χ4n) is 1.70. The molecule has 2 aromatic carbocycles. The molecule has 2 aromatic rings. The molecule has 0 radical (unpaired) electrons. The van der Waals surface area contributed by atoms with E-state index in [2.05, 4.69) is 21.2 Å². The zero-order valence-corrected chi connectivity index (χ0v) is 13.7. The van der Waals surface area contributed by atoms with E-state index in [1.807, 2.05) is 13.0 Å². The van der Waals surface area contributed by atoms with Crippen LogP contribution in [-0.4, -0.2) is 12.5 Å². The number of aryl methyl sites for hydroxylation is 1. The van der Waals surface area contributed by atoms with Crippen molar-refractivity contribution in [3.05, 3.63) is 51.5 Å². The van der Waals surface area contributed by atoms with Gasteiger partial charge < -0.3 is 15.8 Å². The van der Waals surface area contributed by atoms with E-state index in [0.29, 0.717) is 26.6 Å². The second-order valence-electron chi connectivity index (χ2n) is 4.49. The summed E-state index contributed by atoms with van der Waals surface area (Å²) in [5.74, 6) is 0.296. The SMILES string of the molecule is Cc1ccc(N)cc1NC(=O)COc1ccc(Cl)cc1Br. The van der Waals surface area contributed by atoms with Crippen LogP contribution in [0.2, 0.25) is 5.02 Å². The van der Waals surface area contributed by atoms with E-state index in [1.54, 1.807) is 30.3 Å². The predicted molar refractivity (Wildman–Crippen MR) is 88.9 cm³/mol. The lowest BCUT2D eigenvalue weighted by Gasteiger charge is -2.11. The van der Waals surface area contributed by atoms with Gasteiger partial charge in [0.25, 0.3) is 5.91 Å². The highest BCUT2D eigenvalue weighted by Gasteiger charge is 2.08. The quantitative estimate of drug-likeness (QED) is 0.800. The van der Waals surface area contributed by atoms with E-state index in [0.717, 1.165) is 5.56 Å². The first-order valence-electron chi connectivity index (χ1n) is 6.19. The Hall–Kier alpha value is -1.72. The van der Waals surface area contributed by atoms with Crippen LogP contribution in [0.3, 0.4) is 0 Å². The molecule has 1 amide bonds. The van der Waals surface area contributed by atoms with Crippen LogP contribution in [0.25, 0.3) is 0 Å². The molecule has 4 nitrogen and oxygen atoms in total. The Morgan fingerprint density at radius 1 is 1.33 bits per heavy atom. The lowest BCUT2D eigenvalue weighted by Crippen LogP contribution is -2.20. The number of carbonyl (C=O) groups is 1. The highest BCUT2D eigenvalue weighted by Crippen LogP contribution is 2.28. The first-order valence-corrected chi connectivity index (χ1v) is 7.36. The second-order valence-corrected chi connectivity index (χ2v) is 5.78. The van der Waals surface area contributed by atoms with Crippen molar-refractivity contribution in [3.8, 4) is 5.75 Å². The number of nitrogens with two attached hydrogens (primary N) is 1. The summed E-state index contributed by atoms with van der Waals surface area (Å²) in [5, 5.41) is 3.36. The highest BCUT2D eigenvalue weighted by atomic mass is 79.9. The third kappa shape index (κ3) is 4.37. The number of carbonyl (C=O) groups excluding carboxylic acids is 1. The fourth-order valence-corrected chi connectivity index (χ4v) is 2.49. The molecule has 2 rings (SSSR count). The van der Waals surface area contributed by atoms with Crippen molar-refractivity contribution in [2.24, 2.45) is 0 Å². The van der Waals surface area contributed by atoms with E-state index < -0.39 is 0 Å². The number of nitrogens with one attached hydrogen (secondary N) is 1. The van der Waals surface area contributed by atoms with Crippen molar-refractivity contribution in [1.82, 2.24) is 0 Å². The van der Waals surface area contributed by atoms with Crippen LogP contribution in [0, 0.1) is 6.92 Å². The van der Waals surface area contributed by atoms with Gasteiger partial charge in [0.05, 0.1) is 4.47 Å². The maximum atomic E-state index is 11.9. The normalized spacial score (nSPS) is 10.2. The third-order valence-corrected chi connectivity index (χ3v) is 3.64. The minimum atomic E-state index is -0.259. The lowest BCUT2D eigenvalue weighted by molar-refractivity contribution is -0.118. The number of ether oxygens (including phenoxy) is 1. The van der Waals surface area contributed by atoms with Gasteiger partial charge in [0.1, 0.15) is 5.75 Å². The molecule has 21 heavy (non-hydrogen) atoms. The predicted octanol–water partition coefficient (Wildman–Crippen LogP) is 4.01. The molecule has 0 fully saturated rings. The van der Waals surface area contributed by atoms with Gasteiger partial charge in [0.15, 0.2) is 6.61 Å². The van der Waals surface area contributed by atoms with E-state index >= 15 is 0 Å². The molecule has 0 unspecified atom stereocenters. The smallest absolute Gasteiger partial charge is 0.262 e. The molecule has 0 heterocycles. The van der Waals surface area contributed by atoms with Gasteiger partial charge in [0, 0.05) is 16.4 Å². The average Bonchev–Trinajstić information content (AvgIpc) is 2.42. The number of anilines is 2. The summed E-state index contributed by atoms with van der Waals surface area (Å²) in [7, 11) is 0. The van der Waals surface area contributed by atoms with Gasteiger partial charge in [-0.3, -0.25) is 4.79 Å². The Labute approximate surface area is 136 Å². The number of halogens is 2. The molecule has 0 bridgehead atoms. The minimum absolute atomic E-state index is 0.103. The van der Waals surface area contributed by atoms with Crippen LogP contribution in [0.15, 0.2) is 40.9 Å². The number of benzene rings is 2. The lowest BCUT2D eigenvalue weighted by atomic mass is 10.2. The van der Waals surface area contributed by atoms with Crippen molar-refractivity contribution >= 4 is 44.8 Å². The van der Waals surface area contributed by atoms with Crippen molar-refractivity contribution in [2.45, 2.75) is 6.92 Å². The molecule has 0 atom stereocenters. The van der Waals surface area contributed by atoms with Gasteiger partial charge in [-0.15, -0.1) is 0 Å². The zero-order valence-electron chi connectivity index (χ0n) is 11.3. The van der Waals surface area contributed by atoms with Crippen LogP contribution in [-0.2, 0) is 4.79 Å². The van der Waals surface area contributed by atoms with Gasteiger partial charge in [0.2, 0.25) is 0 Å². The van der Waals surface area contributed by atoms with Crippen LogP contribution in [0.4, 0.5) is 11.4 Å². The summed E-state index contributed by atoms with van der Waals surface area (Å²) in [4.78, 5) is 11.9. The van der Waals surface area contributed by atoms with Crippen LogP contribution >= 0.6 is 27.5 Å². The first kappa shape index (κ1) is 15.7. The van der Waals surface area contributed by atoms with E-state index in [-0.39, 0.29) is 12.5 Å². The molecule has 0 saturated heterocycles. The molecule has 0 aliphatic heterocycles. The number of amides is 1. The molecule has 6 heteroatoms. The van der Waals surface area contributed by atoms with Gasteiger partial charge in [-0.2, -0.15) is 0 Å². The first-order chi connectivity index (χ1) is 9.95. The Morgan fingerprint density at radius 3 is 2.81 bits per heavy atom. The number of nitrogen functional groups attached to an aromatic ring is 1. The van der Waals surface area contributed by atoms with E-state index in [1.165, 1.54) is 0 Å². The fraction of sp³-hybridized carbons (Fsp3) is 0.133. The van der Waals surface area contributed by atoms with Crippen molar-refractivity contribution in [1.29, 1.82) is 0 Å². The highest BCUT2D eigenvalue weighted by molar-refractivity contribution is 9.10. The largest absolute Gasteiger partial charge is 0.483 e. The van der Waals surface area contributed by atoms with Crippen molar-refractivity contribution in [3.63, 3.8) is 0 Å². The van der Waals surface area contributed by atoms with Gasteiger partial charge >= 0.3 is 0 Å². The number of rotatable bonds is 4. The summed E-state index contributed by atoms with van der Waals surface area (Å²) < 4.78 is 6.14. The summed E-state index contributed by atoms with van der Waals surface area (Å²) >= 11 is 9.17. The molecule has 0 spiro atoms. The van der Waals surface area contributed by atoms with Gasteiger partial charge in [-0.05, 0) is 58.7 Å². The van der Waals surface area contributed by atoms with Crippen LogP contribution in [0.5, 0.6) is 5.75 Å². The second kappa shape index (κ2) is 6.83. The summed E-state index contributed by atoms with van der Waals surface area (Å²) in [5.41, 5.74) is 7.91. The van der Waals surface area contributed by atoms with Crippen LogP contribution < -0.4 is 15.8 Å². The van der Waals surface area contributed by atoms with Gasteiger partial charge in [-0.25, -0.2) is 0 Å². The van der Waals surface area contributed by atoms with Gasteiger partial charge in [-0.1, -0.05) is 17.7 Å². The van der Waals surface area contributed by atoms with E-state index in [9.17, 15) is 4.79 Å². The topological polar surface area (TPSA) is 64.3 Å². The molecular weight excluding hydrogens is 356 g/mol. The molecule has 0 aliphatic rings. The molecule has 0 aromatic heterocycles. The standard InChI is InChI=1S/C15H14BrClN2O2/c1-9-2-4-11(18)7-13(9)19-15(20)8-21-14-5-3-10(17)6-12(14)16/h2-7H,8,18H2,1H3,(H,19,20). The summed E-state index contributed by atoms with van der Waals surface area (Å²) in [6.45, 7) is 1.79. The van der Waals surface area contributed by atoms with E-state index in [4.69, 9.17) is 22.1 Å².